The van der Waals surface area contributed by atoms with Gasteiger partial charge in [-0.3, -0.25) is 9.59 Å². The molecule has 3 aromatic heterocycles. The lowest BCUT2D eigenvalue weighted by Crippen LogP contribution is -2.29. The van der Waals surface area contributed by atoms with E-state index in [0.29, 0.717) is 36.3 Å². The number of nitrogens with one attached hydrogen (secondary N) is 1. The number of carbonyl (C=O) groups excluding carboxylic acids is 1. The molecule has 0 aliphatic carbocycles. The molecular formula is C24H26N4O4. The number of benzene rings is 1. The molecule has 0 bridgehead atoms. The monoisotopic (exact) mass is 434 g/mol. The fourth-order valence-electron chi connectivity index (χ4n) is 3.73. The number of hydrogen-bond acceptors (Lipinski definition) is 5. The summed E-state index contributed by atoms with van der Waals surface area (Å²) in [4.78, 5) is 25.5. The van der Waals surface area contributed by atoms with Crippen molar-refractivity contribution in [1.82, 2.24) is 19.5 Å². The highest BCUT2D eigenvalue weighted by Gasteiger charge is 2.17. The molecule has 4 aromatic rings. The number of aryl methyl sites for hydroxylation is 1. The Balaban J connectivity index is 1.53. The van der Waals surface area contributed by atoms with Gasteiger partial charge in [0.2, 0.25) is 5.91 Å². The van der Waals surface area contributed by atoms with E-state index in [1.54, 1.807) is 13.4 Å². The van der Waals surface area contributed by atoms with E-state index in [9.17, 15) is 9.59 Å². The van der Waals surface area contributed by atoms with Crippen LogP contribution in [0.3, 0.4) is 0 Å². The Kier molecular flexibility index (Phi) is 6.11. The van der Waals surface area contributed by atoms with Crippen molar-refractivity contribution >= 4 is 11.6 Å². The molecule has 0 spiro atoms. The lowest BCUT2D eigenvalue weighted by molar-refractivity contribution is -0.121. The molecule has 0 aliphatic heterocycles. The van der Waals surface area contributed by atoms with Gasteiger partial charge in [-0.15, -0.1) is 0 Å². The maximum absolute atomic E-state index is 13.2. The van der Waals surface area contributed by atoms with Gasteiger partial charge in [0, 0.05) is 49.3 Å². The zero-order valence-corrected chi connectivity index (χ0v) is 18.4. The van der Waals surface area contributed by atoms with Crippen molar-refractivity contribution < 1.29 is 13.9 Å². The van der Waals surface area contributed by atoms with Crippen molar-refractivity contribution in [1.29, 1.82) is 0 Å². The summed E-state index contributed by atoms with van der Waals surface area (Å²) in [6.07, 6.45) is 2.81. The first-order chi connectivity index (χ1) is 15.5. The van der Waals surface area contributed by atoms with Crippen molar-refractivity contribution in [3.05, 3.63) is 76.1 Å². The zero-order chi connectivity index (χ0) is 22.7. The van der Waals surface area contributed by atoms with E-state index in [-0.39, 0.29) is 17.9 Å². The van der Waals surface area contributed by atoms with Crippen molar-refractivity contribution in [2.45, 2.75) is 26.2 Å². The summed E-state index contributed by atoms with van der Waals surface area (Å²) in [6, 6.07) is 13.1. The molecule has 4 rings (SSSR count). The smallest absolute Gasteiger partial charge is 0.277 e. The third-order valence-electron chi connectivity index (χ3n) is 5.67. The second-order valence-corrected chi connectivity index (χ2v) is 7.64. The number of ether oxygens (including phenoxy) is 1. The van der Waals surface area contributed by atoms with E-state index in [1.165, 1.54) is 4.52 Å². The van der Waals surface area contributed by atoms with Gasteiger partial charge in [-0.25, -0.2) is 0 Å². The van der Waals surface area contributed by atoms with Crippen LogP contribution in [0.5, 0.6) is 5.75 Å². The zero-order valence-electron chi connectivity index (χ0n) is 18.4. The third kappa shape index (κ3) is 4.30. The Labute approximate surface area is 185 Å². The van der Waals surface area contributed by atoms with Gasteiger partial charge >= 0.3 is 0 Å². The molecule has 0 fully saturated rings. The molecule has 166 valence electrons. The molecule has 0 saturated heterocycles. The minimum absolute atomic E-state index is 0.101. The van der Waals surface area contributed by atoms with Crippen LogP contribution >= 0.6 is 0 Å². The van der Waals surface area contributed by atoms with Crippen LogP contribution in [0.4, 0.5) is 0 Å². The topological polar surface area (TPSA) is 90.8 Å². The summed E-state index contributed by atoms with van der Waals surface area (Å²) in [5, 5.41) is 7.42. The maximum Gasteiger partial charge on any atom is 0.277 e. The van der Waals surface area contributed by atoms with E-state index in [2.05, 4.69) is 10.4 Å². The summed E-state index contributed by atoms with van der Waals surface area (Å²) in [7, 11) is 3.51. The van der Waals surface area contributed by atoms with Crippen molar-refractivity contribution in [2.24, 2.45) is 7.05 Å². The van der Waals surface area contributed by atoms with E-state index < -0.39 is 0 Å². The Morgan fingerprint density at radius 2 is 2.03 bits per heavy atom. The molecule has 0 unspecified atom stereocenters. The van der Waals surface area contributed by atoms with Crippen LogP contribution in [0, 0.1) is 6.92 Å². The van der Waals surface area contributed by atoms with E-state index in [4.69, 9.17) is 9.15 Å². The average Bonchev–Trinajstić information content (AvgIpc) is 3.48. The fourth-order valence-corrected chi connectivity index (χ4v) is 3.73. The number of rotatable bonds is 8. The first kappa shape index (κ1) is 21.4. The van der Waals surface area contributed by atoms with Crippen LogP contribution in [0.15, 0.2) is 57.9 Å². The van der Waals surface area contributed by atoms with Gasteiger partial charge in [0.25, 0.3) is 5.56 Å². The SMILES string of the molecule is COc1cccc(-c2cc3n(C)c(C)c(CCC(=O)NCCc4ccco4)c(=O)n3n2)c1. The maximum atomic E-state index is 13.2. The minimum Gasteiger partial charge on any atom is -0.497 e. The predicted octanol–water partition coefficient (Wildman–Crippen LogP) is 2.90. The van der Waals surface area contributed by atoms with Gasteiger partial charge < -0.3 is 19.0 Å². The van der Waals surface area contributed by atoms with Gasteiger partial charge in [-0.1, -0.05) is 12.1 Å². The van der Waals surface area contributed by atoms with Gasteiger partial charge in [0.15, 0.2) is 0 Å². The molecule has 0 atom stereocenters. The van der Waals surface area contributed by atoms with E-state index >= 15 is 0 Å². The molecular weight excluding hydrogens is 408 g/mol. The highest BCUT2D eigenvalue weighted by molar-refractivity contribution is 5.76. The predicted molar refractivity (Wildman–Crippen MR) is 121 cm³/mol. The highest BCUT2D eigenvalue weighted by Crippen LogP contribution is 2.24. The number of furan rings is 1. The largest absolute Gasteiger partial charge is 0.497 e. The van der Waals surface area contributed by atoms with Gasteiger partial charge in [0.1, 0.15) is 17.2 Å². The second kappa shape index (κ2) is 9.13. The Morgan fingerprint density at radius 1 is 1.19 bits per heavy atom. The lowest BCUT2D eigenvalue weighted by atomic mass is 10.1. The third-order valence-corrected chi connectivity index (χ3v) is 5.67. The quantitative estimate of drug-likeness (QED) is 0.461. The van der Waals surface area contributed by atoms with Crippen LogP contribution in [-0.2, 0) is 24.7 Å². The molecule has 8 heteroatoms. The van der Waals surface area contributed by atoms with E-state index in [1.807, 2.05) is 61.0 Å². The van der Waals surface area contributed by atoms with E-state index in [0.717, 1.165) is 22.8 Å². The number of fused-ring (bicyclic) bond motifs is 1. The number of hydrogen-bond donors (Lipinski definition) is 1. The number of methoxy groups -OCH3 is 1. The molecule has 0 radical (unpaired) electrons. The number of nitrogens with zero attached hydrogens (tertiary/aromatic N) is 3. The molecule has 32 heavy (non-hydrogen) atoms. The van der Waals surface area contributed by atoms with Gasteiger partial charge in [-0.05, 0) is 37.6 Å². The second-order valence-electron chi connectivity index (χ2n) is 7.64. The minimum atomic E-state index is -0.201. The van der Waals surface area contributed by atoms with Crippen LogP contribution in [0.2, 0.25) is 0 Å². The van der Waals surface area contributed by atoms with Crippen molar-refractivity contribution in [3.8, 4) is 17.0 Å². The Morgan fingerprint density at radius 3 is 2.78 bits per heavy atom. The molecule has 3 heterocycles. The summed E-state index contributed by atoms with van der Waals surface area (Å²) in [5.74, 6) is 1.45. The van der Waals surface area contributed by atoms with Gasteiger partial charge in [-0.2, -0.15) is 9.61 Å². The number of aromatic nitrogens is 3. The van der Waals surface area contributed by atoms with Crippen LogP contribution in [0.25, 0.3) is 16.9 Å². The summed E-state index contributed by atoms with van der Waals surface area (Å²) in [5.41, 5.74) is 3.45. The molecule has 1 N–H and O–H groups in total. The first-order valence-corrected chi connectivity index (χ1v) is 10.5. The van der Waals surface area contributed by atoms with Gasteiger partial charge in [0.05, 0.1) is 19.1 Å². The first-order valence-electron chi connectivity index (χ1n) is 10.5. The number of carbonyl (C=O) groups is 1. The molecule has 1 amide bonds. The lowest BCUT2D eigenvalue weighted by Gasteiger charge is -2.12. The standard InChI is InChI=1S/C24H26N4O4/c1-16-20(9-10-22(29)25-12-11-18-8-5-13-32-18)24(30)28-23(27(16)2)15-21(26-28)17-6-4-7-19(14-17)31-3/h4-8,13-15H,9-12H2,1-3H3,(H,25,29). The molecule has 0 saturated carbocycles. The number of amides is 1. The molecule has 1 aromatic carbocycles. The Bertz CT molecular complexity index is 1300. The summed E-state index contributed by atoms with van der Waals surface area (Å²) < 4.78 is 13.9. The summed E-state index contributed by atoms with van der Waals surface area (Å²) in [6.45, 7) is 2.38. The molecule has 8 nitrogen and oxygen atoms in total. The fraction of sp³-hybridized carbons (Fsp3) is 0.292. The normalized spacial score (nSPS) is 11.1. The van der Waals surface area contributed by atoms with Crippen molar-refractivity contribution in [2.75, 3.05) is 13.7 Å². The Hall–Kier alpha value is -3.81. The van der Waals surface area contributed by atoms with Crippen molar-refractivity contribution in [3.63, 3.8) is 0 Å². The average molecular weight is 434 g/mol. The summed E-state index contributed by atoms with van der Waals surface area (Å²) >= 11 is 0. The molecule has 0 aliphatic rings. The highest BCUT2D eigenvalue weighted by atomic mass is 16.5. The van der Waals surface area contributed by atoms with Crippen LogP contribution < -0.4 is 15.6 Å². The van der Waals surface area contributed by atoms with Crippen LogP contribution in [-0.4, -0.2) is 33.7 Å². The van der Waals surface area contributed by atoms with Crippen LogP contribution in [0.1, 0.15) is 23.4 Å².